The van der Waals surface area contributed by atoms with Crippen molar-refractivity contribution >= 4 is 53.6 Å². The molecule has 0 aromatic heterocycles. The van der Waals surface area contributed by atoms with Crippen LogP contribution >= 0.6 is 37.7 Å². The van der Waals surface area contributed by atoms with Gasteiger partial charge in [-0.1, -0.05) is 95.3 Å². The predicted octanol–water partition coefficient (Wildman–Crippen LogP) is 6.34. The molecule has 0 atom stereocenters. The van der Waals surface area contributed by atoms with Gasteiger partial charge in [-0.2, -0.15) is 0 Å². The molecule has 0 saturated heterocycles. The van der Waals surface area contributed by atoms with Crippen LogP contribution in [0.4, 0.5) is 0 Å². The van der Waals surface area contributed by atoms with Crippen molar-refractivity contribution in [3.63, 3.8) is 0 Å². The average molecular weight is 407 g/mol. The van der Waals surface area contributed by atoms with Gasteiger partial charge in [0.15, 0.2) is 0 Å². The third-order valence-corrected chi connectivity index (χ3v) is 7.02. The minimum atomic E-state index is -0.508. The molecular formula is C21H22Cl2P2. The Hall–Kier alpha value is -0.900. The van der Waals surface area contributed by atoms with E-state index in [1.54, 1.807) is 0 Å². The summed E-state index contributed by atoms with van der Waals surface area (Å²) in [7, 11) is -0.481. The van der Waals surface area contributed by atoms with Crippen LogP contribution in [0.2, 0.25) is 0 Å². The van der Waals surface area contributed by atoms with Crippen molar-refractivity contribution in [1.29, 1.82) is 0 Å². The zero-order valence-electron chi connectivity index (χ0n) is 14.6. The SMILES string of the molecule is Cc1ccccc1P(c1ccccc1C)c1ccccc1C.ClPCl. The van der Waals surface area contributed by atoms with Gasteiger partial charge in [0, 0.05) is 0 Å². The van der Waals surface area contributed by atoms with Gasteiger partial charge in [0.05, 0.1) is 7.29 Å². The van der Waals surface area contributed by atoms with Crippen molar-refractivity contribution in [1.82, 2.24) is 0 Å². The van der Waals surface area contributed by atoms with E-state index in [4.69, 9.17) is 22.5 Å². The number of hydrogen-bond acceptors (Lipinski definition) is 0. The number of benzene rings is 3. The van der Waals surface area contributed by atoms with Crippen LogP contribution in [0, 0.1) is 20.8 Å². The monoisotopic (exact) mass is 406 g/mol. The van der Waals surface area contributed by atoms with Crippen LogP contribution in [0.1, 0.15) is 16.7 Å². The Morgan fingerprint density at radius 3 is 1.04 bits per heavy atom. The molecule has 3 aromatic rings. The van der Waals surface area contributed by atoms with Gasteiger partial charge in [0.2, 0.25) is 0 Å². The van der Waals surface area contributed by atoms with Crippen molar-refractivity contribution in [2.75, 3.05) is 0 Å². The van der Waals surface area contributed by atoms with E-state index in [2.05, 4.69) is 93.6 Å². The second-order valence-electron chi connectivity index (χ2n) is 5.77. The molecule has 130 valence electrons. The van der Waals surface area contributed by atoms with Crippen LogP contribution in [0.15, 0.2) is 72.8 Å². The van der Waals surface area contributed by atoms with E-state index in [0.29, 0.717) is 0 Å². The zero-order chi connectivity index (χ0) is 18.2. The van der Waals surface area contributed by atoms with Crippen LogP contribution in [-0.4, -0.2) is 0 Å². The molecule has 0 amide bonds. The van der Waals surface area contributed by atoms with Crippen molar-refractivity contribution in [3.05, 3.63) is 89.5 Å². The highest BCUT2D eigenvalue weighted by Gasteiger charge is 2.20. The molecule has 0 saturated carbocycles. The lowest BCUT2D eigenvalue weighted by Gasteiger charge is -2.24. The molecule has 3 rings (SSSR count). The largest absolute Gasteiger partial charge is 0.0818 e. The standard InChI is InChI=1S/C21H21P.Cl2HP/c1-16-10-4-7-13-19(16)22(20-14-8-5-11-17(20)2)21-15-9-6-12-18(21)3;1-3-2/h4-15H,1-3H3;3H. The number of halogens is 2. The second-order valence-corrected chi connectivity index (χ2v) is 9.74. The molecule has 0 aliphatic heterocycles. The summed E-state index contributed by atoms with van der Waals surface area (Å²) in [6, 6.07) is 26.4. The Bertz CT molecular complexity index is 710. The van der Waals surface area contributed by atoms with E-state index in [1.807, 2.05) is 0 Å². The van der Waals surface area contributed by atoms with Crippen LogP contribution < -0.4 is 15.9 Å². The van der Waals surface area contributed by atoms with E-state index < -0.39 is 7.92 Å². The maximum Gasteiger partial charge on any atom is 0.0713 e. The van der Waals surface area contributed by atoms with Crippen molar-refractivity contribution < 1.29 is 0 Å². The summed E-state index contributed by atoms with van der Waals surface area (Å²) in [6.45, 7) is 6.67. The summed E-state index contributed by atoms with van der Waals surface area (Å²) in [4.78, 5) is 0. The summed E-state index contributed by atoms with van der Waals surface area (Å²) < 4.78 is 0. The van der Waals surface area contributed by atoms with E-state index in [9.17, 15) is 0 Å². The minimum absolute atomic E-state index is 0.0278. The number of hydrogen-bond donors (Lipinski definition) is 0. The molecule has 0 aliphatic rings. The quantitative estimate of drug-likeness (QED) is 0.445. The van der Waals surface area contributed by atoms with Gasteiger partial charge < -0.3 is 0 Å². The molecule has 0 fully saturated rings. The lowest BCUT2D eigenvalue weighted by atomic mass is 10.2. The van der Waals surface area contributed by atoms with Gasteiger partial charge in [0.1, 0.15) is 0 Å². The lowest BCUT2D eigenvalue weighted by molar-refractivity contribution is 1.49. The van der Waals surface area contributed by atoms with Gasteiger partial charge in [-0.15, -0.1) is 0 Å². The van der Waals surface area contributed by atoms with Gasteiger partial charge in [-0.05, 0) is 61.3 Å². The van der Waals surface area contributed by atoms with E-state index >= 15 is 0 Å². The van der Waals surface area contributed by atoms with Crippen LogP contribution in [0.3, 0.4) is 0 Å². The Morgan fingerprint density at radius 1 is 0.560 bits per heavy atom. The molecule has 0 aliphatic carbocycles. The Morgan fingerprint density at radius 2 is 0.800 bits per heavy atom. The van der Waals surface area contributed by atoms with E-state index in [-0.39, 0.29) is 7.29 Å². The summed E-state index contributed by atoms with van der Waals surface area (Å²) in [5.74, 6) is 0. The third-order valence-electron chi connectivity index (χ3n) is 4.07. The average Bonchev–Trinajstić information content (AvgIpc) is 2.60. The van der Waals surface area contributed by atoms with Crippen LogP contribution in [0.5, 0.6) is 0 Å². The smallest absolute Gasteiger partial charge is 0.0713 e. The first-order valence-electron chi connectivity index (χ1n) is 8.03. The molecule has 0 heterocycles. The van der Waals surface area contributed by atoms with Gasteiger partial charge in [-0.25, -0.2) is 0 Å². The second kappa shape index (κ2) is 10.3. The normalized spacial score (nSPS) is 10.3. The molecule has 0 nitrogen and oxygen atoms in total. The summed E-state index contributed by atoms with van der Waals surface area (Å²) in [6.07, 6.45) is 0. The third kappa shape index (κ3) is 5.29. The van der Waals surface area contributed by atoms with E-state index in [0.717, 1.165) is 0 Å². The molecular weight excluding hydrogens is 385 g/mol. The van der Waals surface area contributed by atoms with Crippen molar-refractivity contribution in [3.8, 4) is 0 Å². The van der Waals surface area contributed by atoms with Crippen LogP contribution in [0.25, 0.3) is 0 Å². The first-order valence-corrected chi connectivity index (χ1v) is 12.4. The summed E-state index contributed by atoms with van der Waals surface area (Å²) in [5.41, 5.74) is 4.13. The van der Waals surface area contributed by atoms with Gasteiger partial charge in [-0.3, -0.25) is 0 Å². The molecule has 3 aromatic carbocycles. The van der Waals surface area contributed by atoms with Crippen molar-refractivity contribution in [2.45, 2.75) is 20.8 Å². The predicted molar refractivity (Wildman–Crippen MR) is 119 cm³/mol. The molecule has 0 N–H and O–H groups in total. The fraction of sp³-hybridized carbons (Fsp3) is 0.143. The Kier molecular flexibility index (Phi) is 8.41. The molecule has 0 spiro atoms. The number of rotatable bonds is 3. The molecule has 0 radical (unpaired) electrons. The Balaban J connectivity index is 0.000000701. The van der Waals surface area contributed by atoms with Crippen LogP contribution in [-0.2, 0) is 0 Å². The maximum absolute atomic E-state index is 4.79. The van der Waals surface area contributed by atoms with Gasteiger partial charge in [0.25, 0.3) is 0 Å². The minimum Gasteiger partial charge on any atom is -0.0818 e. The fourth-order valence-corrected chi connectivity index (χ4v) is 5.60. The molecule has 4 heteroatoms. The Labute approximate surface area is 163 Å². The topological polar surface area (TPSA) is 0 Å². The first-order chi connectivity index (χ1) is 12.1. The first kappa shape index (κ1) is 20.4. The summed E-state index contributed by atoms with van der Waals surface area (Å²) in [5, 5.41) is 4.38. The molecule has 0 bridgehead atoms. The maximum atomic E-state index is 4.79. The highest BCUT2D eigenvalue weighted by Crippen LogP contribution is 2.36. The van der Waals surface area contributed by atoms with E-state index in [1.165, 1.54) is 32.6 Å². The number of aryl methyl sites for hydroxylation is 3. The molecule has 25 heavy (non-hydrogen) atoms. The molecule has 0 unspecified atom stereocenters. The fourth-order valence-electron chi connectivity index (χ4n) is 2.83. The van der Waals surface area contributed by atoms with Gasteiger partial charge >= 0.3 is 0 Å². The highest BCUT2D eigenvalue weighted by molar-refractivity contribution is 7.90. The zero-order valence-corrected chi connectivity index (χ0v) is 18.0. The van der Waals surface area contributed by atoms with Crippen molar-refractivity contribution in [2.24, 2.45) is 0 Å². The lowest BCUT2D eigenvalue weighted by Crippen LogP contribution is -2.25. The summed E-state index contributed by atoms with van der Waals surface area (Å²) >= 11 is 9.58. The highest BCUT2D eigenvalue weighted by atomic mass is 35.9.